The lowest BCUT2D eigenvalue weighted by Crippen LogP contribution is -2.34. The summed E-state index contributed by atoms with van der Waals surface area (Å²) >= 11 is 0. The van der Waals surface area contributed by atoms with Gasteiger partial charge in [-0.3, -0.25) is 9.89 Å². The number of hydrogen-bond donors (Lipinski definition) is 3. The molecule has 7 heteroatoms. The molecule has 0 aliphatic heterocycles. The van der Waals surface area contributed by atoms with Crippen LogP contribution in [0, 0.1) is 19.8 Å². The minimum absolute atomic E-state index is 0.269. The van der Waals surface area contributed by atoms with Gasteiger partial charge in [0.2, 0.25) is 5.91 Å². The quantitative estimate of drug-likeness (QED) is 0.749. The molecule has 0 spiro atoms. The Kier molecular flexibility index (Phi) is 4.97. The monoisotopic (exact) mass is 305 g/mol. The molecule has 2 rings (SSSR count). The van der Waals surface area contributed by atoms with Gasteiger partial charge in [-0.15, -0.1) is 0 Å². The SMILES string of the molecule is Cc1n[nH]c(C)c1C(N)C(=O)NCc1cc(CC(C)C)no1. The highest BCUT2D eigenvalue weighted by Gasteiger charge is 2.22. The van der Waals surface area contributed by atoms with Gasteiger partial charge in [-0.1, -0.05) is 19.0 Å². The van der Waals surface area contributed by atoms with Crippen molar-refractivity contribution < 1.29 is 9.32 Å². The van der Waals surface area contributed by atoms with Gasteiger partial charge >= 0.3 is 0 Å². The summed E-state index contributed by atoms with van der Waals surface area (Å²) in [6, 6.07) is 1.11. The molecule has 1 amide bonds. The third-order valence-corrected chi connectivity index (χ3v) is 3.44. The summed E-state index contributed by atoms with van der Waals surface area (Å²) in [5, 5.41) is 13.6. The third-order valence-electron chi connectivity index (χ3n) is 3.44. The second kappa shape index (κ2) is 6.74. The van der Waals surface area contributed by atoms with Crippen molar-refractivity contribution >= 4 is 5.91 Å². The van der Waals surface area contributed by atoms with Gasteiger partial charge in [-0.2, -0.15) is 5.10 Å². The number of nitrogens with one attached hydrogen (secondary N) is 2. The van der Waals surface area contributed by atoms with E-state index in [1.807, 2.05) is 19.9 Å². The van der Waals surface area contributed by atoms with Crippen LogP contribution in [0.15, 0.2) is 10.6 Å². The van der Waals surface area contributed by atoms with Crippen LogP contribution in [-0.2, 0) is 17.8 Å². The predicted octanol–water partition coefficient (Wildman–Crippen LogP) is 1.53. The molecule has 1 unspecified atom stereocenters. The van der Waals surface area contributed by atoms with Crippen LogP contribution in [0.3, 0.4) is 0 Å². The van der Waals surface area contributed by atoms with Crippen molar-refractivity contribution in [3.8, 4) is 0 Å². The van der Waals surface area contributed by atoms with Crippen molar-refractivity contribution in [3.05, 3.63) is 34.5 Å². The Balaban J connectivity index is 1.94. The number of nitrogens with zero attached hydrogens (tertiary/aromatic N) is 2. The molecule has 0 aromatic carbocycles. The molecule has 120 valence electrons. The van der Waals surface area contributed by atoms with Gasteiger partial charge in [-0.05, 0) is 26.2 Å². The molecule has 0 aliphatic rings. The van der Waals surface area contributed by atoms with Gasteiger partial charge in [0, 0.05) is 17.3 Å². The Morgan fingerprint density at radius 2 is 2.18 bits per heavy atom. The van der Waals surface area contributed by atoms with E-state index < -0.39 is 6.04 Å². The van der Waals surface area contributed by atoms with E-state index in [4.69, 9.17) is 10.3 Å². The molecular weight excluding hydrogens is 282 g/mol. The fourth-order valence-corrected chi connectivity index (χ4v) is 2.39. The first kappa shape index (κ1) is 16.2. The van der Waals surface area contributed by atoms with Crippen LogP contribution in [0.5, 0.6) is 0 Å². The second-order valence-electron chi connectivity index (χ2n) is 5.93. The second-order valence-corrected chi connectivity index (χ2v) is 5.93. The molecule has 0 aliphatic carbocycles. The van der Waals surface area contributed by atoms with E-state index in [-0.39, 0.29) is 12.5 Å². The number of aromatic nitrogens is 3. The predicted molar refractivity (Wildman–Crippen MR) is 81.9 cm³/mol. The number of rotatable bonds is 6. The van der Waals surface area contributed by atoms with Crippen molar-refractivity contribution in [1.82, 2.24) is 20.7 Å². The number of aromatic amines is 1. The lowest BCUT2D eigenvalue weighted by atomic mass is 10.1. The molecule has 0 bridgehead atoms. The van der Waals surface area contributed by atoms with Gasteiger partial charge in [0.25, 0.3) is 0 Å². The average molecular weight is 305 g/mol. The van der Waals surface area contributed by atoms with Gasteiger partial charge in [0.1, 0.15) is 6.04 Å². The van der Waals surface area contributed by atoms with Crippen LogP contribution in [0.1, 0.15) is 48.3 Å². The minimum Gasteiger partial charge on any atom is -0.359 e. The van der Waals surface area contributed by atoms with E-state index in [1.54, 1.807) is 0 Å². The Morgan fingerprint density at radius 3 is 2.77 bits per heavy atom. The zero-order valence-electron chi connectivity index (χ0n) is 13.4. The highest BCUT2D eigenvalue weighted by Crippen LogP contribution is 2.17. The van der Waals surface area contributed by atoms with Crippen LogP contribution < -0.4 is 11.1 Å². The summed E-state index contributed by atoms with van der Waals surface area (Å²) in [6.45, 7) is 8.17. The largest absolute Gasteiger partial charge is 0.359 e. The molecule has 0 radical (unpaired) electrons. The Bertz CT molecular complexity index is 625. The van der Waals surface area contributed by atoms with E-state index in [0.29, 0.717) is 11.7 Å². The Morgan fingerprint density at radius 1 is 1.45 bits per heavy atom. The standard InChI is InChI=1S/C15H23N5O2/c1-8(2)5-11-6-12(22-20-11)7-17-15(21)14(16)13-9(3)18-19-10(13)4/h6,8,14H,5,7,16H2,1-4H3,(H,17,21)(H,18,19). The molecule has 7 nitrogen and oxygen atoms in total. The molecule has 22 heavy (non-hydrogen) atoms. The number of H-pyrrole nitrogens is 1. The van der Waals surface area contributed by atoms with Crippen molar-refractivity contribution in [2.45, 2.75) is 46.7 Å². The third kappa shape index (κ3) is 3.73. The minimum atomic E-state index is -0.753. The number of hydrogen-bond acceptors (Lipinski definition) is 5. The van der Waals surface area contributed by atoms with E-state index in [0.717, 1.165) is 29.1 Å². The van der Waals surface area contributed by atoms with Crippen molar-refractivity contribution in [1.29, 1.82) is 0 Å². The smallest absolute Gasteiger partial charge is 0.242 e. The molecular formula is C15H23N5O2. The van der Waals surface area contributed by atoms with Crippen LogP contribution in [0.4, 0.5) is 0 Å². The molecule has 0 saturated carbocycles. The van der Waals surface area contributed by atoms with Gasteiger partial charge < -0.3 is 15.6 Å². The first-order chi connectivity index (χ1) is 10.4. The van der Waals surface area contributed by atoms with Crippen molar-refractivity contribution in [2.75, 3.05) is 0 Å². The number of carbonyl (C=O) groups is 1. The normalized spacial score (nSPS) is 12.6. The molecule has 2 aromatic heterocycles. The maximum atomic E-state index is 12.2. The lowest BCUT2D eigenvalue weighted by Gasteiger charge is -2.11. The lowest BCUT2D eigenvalue weighted by molar-refractivity contribution is -0.122. The molecule has 4 N–H and O–H groups in total. The van der Waals surface area contributed by atoms with E-state index >= 15 is 0 Å². The van der Waals surface area contributed by atoms with Crippen LogP contribution in [-0.4, -0.2) is 21.3 Å². The van der Waals surface area contributed by atoms with Crippen molar-refractivity contribution in [3.63, 3.8) is 0 Å². The fraction of sp³-hybridized carbons (Fsp3) is 0.533. The summed E-state index contributed by atoms with van der Waals surface area (Å²) in [7, 11) is 0. The molecule has 0 fully saturated rings. The maximum Gasteiger partial charge on any atom is 0.242 e. The van der Waals surface area contributed by atoms with E-state index in [1.165, 1.54) is 0 Å². The van der Waals surface area contributed by atoms with Crippen LogP contribution in [0.25, 0.3) is 0 Å². The number of carbonyl (C=O) groups excluding carboxylic acids is 1. The molecule has 1 atom stereocenters. The Labute approximate surface area is 129 Å². The van der Waals surface area contributed by atoms with Gasteiger partial charge in [-0.25, -0.2) is 0 Å². The molecule has 2 aromatic rings. The maximum absolute atomic E-state index is 12.2. The van der Waals surface area contributed by atoms with Crippen molar-refractivity contribution in [2.24, 2.45) is 11.7 Å². The highest BCUT2D eigenvalue weighted by molar-refractivity contribution is 5.83. The first-order valence-electron chi connectivity index (χ1n) is 7.37. The van der Waals surface area contributed by atoms with Gasteiger partial charge in [0.15, 0.2) is 5.76 Å². The van der Waals surface area contributed by atoms with E-state index in [2.05, 4.69) is 34.5 Å². The topological polar surface area (TPSA) is 110 Å². The van der Waals surface area contributed by atoms with Crippen LogP contribution in [0.2, 0.25) is 0 Å². The summed E-state index contributed by atoms with van der Waals surface area (Å²) < 4.78 is 5.21. The average Bonchev–Trinajstić information content (AvgIpc) is 3.02. The number of aryl methyl sites for hydroxylation is 2. The Hall–Kier alpha value is -2.15. The summed E-state index contributed by atoms with van der Waals surface area (Å²) in [5.41, 5.74) is 9.17. The zero-order chi connectivity index (χ0) is 16.3. The molecule has 0 saturated heterocycles. The number of amides is 1. The van der Waals surface area contributed by atoms with Gasteiger partial charge in [0.05, 0.1) is 17.9 Å². The zero-order valence-corrected chi connectivity index (χ0v) is 13.4. The summed E-state index contributed by atoms with van der Waals surface area (Å²) in [6.07, 6.45) is 0.852. The molecule has 2 heterocycles. The number of nitrogens with two attached hydrogens (primary N) is 1. The summed E-state index contributed by atoms with van der Waals surface area (Å²) in [5.74, 6) is 0.860. The van der Waals surface area contributed by atoms with Crippen LogP contribution >= 0.6 is 0 Å². The highest BCUT2D eigenvalue weighted by atomic mass is 16.5. The fourth-order valence-electron chi connectivity index (χ4n) is 2.39. The summed E-state index contributed by atoms with van der Waals surface area (Å²) in [4.78, 5) is 12.2. The first-order valence-corrected chi connectivity index (χ1v) is 7.37. The van der Waals surface area contributed by atoms with E-state index in [9.17, 15) is 4.79 Å².